The Bertz CT molecular complexity index is 916. The van der Waals surface area contributed by atoms with Crippen molar-refractivity contribution < 1.29 is 4.79 Å². The number of nitrogens with zero attached hydrogens (tertiary/aromatic N) is 5. The quantitative estimate of drug-likeness (QED) is 0.779. The van der Waals surface area contributed by atoms with Crippen LogP contribution in [-0.4, -0.2) is 39.1 Å². The molecular formula is C16H16N6O. The number of amides is 1. The lowest BCUT2D eigenvalue weighted by atomic mass is 10.2. The van der Waals surface area contributed by atoms with E-state index in [4.69, 9.17) is 0 Å². The van der Waals surface area contributed by atoms with Crippen molar-refractivity contribution in [1.29, 1.82) is 0 Å². The topological polar surface area (TPSA) is 75.4 Å². The van der Waals surface area contributed by atoms with E-state index in [1.807, 2.05) is 26.1 Å². The highest BCUT2D eigenvalue weighted by molar-refractivity contribution is 6.05. The lowest BCUT2D eigenvalue weighted by Gasteiger charge is -2.12. The summed E-state index contributed by atoms with van der Waals surface area (Å²) in [6.45, 7) is 2.75. The molecule has 0 spiro atoms. The van der Waals surface area contributed by atoms with Crippen molar-refractivity contribution in [2.24, 2.45) is 0 Å². The Morgan fingerprint density at radius 3 is 3.00 bits per heavy atom. The number of carbonyl (C=O) groups excluding carboxylic acids is 1. The van der Waals surface area contributed by atoms with Crippen molar-refractivity contribution in [1.82, 2.24) is 19.6 Å². The van der Waals surface area contributed by atoms with Crippen LogP contribution in [0.5, 0.6) is 0 Å². The van der Waals surface area contributed by atoms with Crippen LogP contribution in [0.4, 0.5) is 11.5 Å². The number of likely N-dealkylation sites (N-methyl/N-ethyl adjacent to an activating group) is 1. The molecule has 7 heteroatoms. The molecule has 0 saturated heterocycles. The van der Waals surface area contributed by atoms with E-state index >= 15 is 0 Å². The van der Waals surface area contributed by atoms with Gasteiger partial charge < -0.3 is 10.2 Å². The molecule has 0 aliphatic carbocycles. The van der Waals surface area contributed by atoms with E-state index in [0.29, 0.717) is 22.9 Å². The van der Waals surface area contributed by atoms with Gasteiger partial charge in [0.25, 0.3) is 5.91 Å². The molecule has 0 fully saturated rings. The van der Waals surface area contributed by atoms with Crippen LogP contribution in [0, 0.1) is 6.92 Å². The molecule has 116 valence electrons. The summed E-state index contributed by atoms with van der Waals surface area (Å²) in [5.41, 5.74) is 2.82. The first-order chi connectivity index (χ1) is 11.1. The third-order valence-corrected chi connectivity index (χ3v) is 3.98. The third kappa shape index (κ3) is 2.30. The number of fused-ring (bicyclic) bond motifs is 2. The first kappa shape index (κ1) is 13.7. The number of rotatable bonds is 2. The summed E-state index contributed by atoms with van der Waals surface area (Å²) in [7, 11) is 1.99. The molecule has 3 aromatic heterocycles. The molecule has 0 aromatic carbocycles. The predicted molar refractivity (Wildman–Crippen MR) is 86.9 cm³/mol. The van der Waals surface area contributed by atoms with Gasteiger partial charge in [0, 0.05) is 19.8 Å². The van der Waals surface area contributed by atoms with Crippen LogP contribution in [0.25, 0.3) is 5.65 Å². The molecule has 0 saturated carbocycles. The van der Waals surface area contributed by atoms with Crippen molar-refractivity contribution in [3.05, 3.63) is 47.5 Å². The first-order valence-electron chi connectivity index (χ1n) is 7.46. The number of nitrogens with one attached hydrogen (secondary N) is 1. The molecule has 1 N–H and O–H groups in total. The summed E-state index contributed by atoms with van der Waals surface area (Å²) in [6.07, 6.45) is 2.77. The molecule has 0 bridgehead atoms. The van der Waals surface area contributed by atoms with E-state index in [9.17, 15) is 4.79 Å². The molecule has 3 aromatic rings. The molecule has 1 amide bonds. The first-order valence-corrected chi connectivity index (χ1v) is 7.46. The highest BCUT2D eigenvalue weighted by atomic mass is 16.1. The molecule has 1 aliphatic heterocycles. The van der Waals surface area contributed by atoms with Crippen LogP contribution in [0.2, 0.25) is 0 Å². The molecule has 1 aliphatic rings. The number of anilines is 2. The molecule has 4 rings (SSSR count). The summed E-state index contributed by atoms with van der Waals surface area (Å²) < 4.78 is 1.65. The van der Waals surface area contributed by atoms with E-state index in [2.05, 4.69) is 25.3 Å². The maximum absolute atomic E-state index is 12.5. The van der Waals surface area contributed by atoms with E-state index in [1.165, 1.54) is 5.56 Å². The van der Waals surface area contributed by atoms with E-state index in [1.54, 1.807) is 22.8 Å². The van der Waals surface area contributed by atoms with Gasteiger partial charge in [0.15, 0.2) is 5.65 Å². The Morgan fingerprint density at radius 2 is 2.13 bits per heavy atom. The average molecular weight is 308 g/mol. The minimum absolute atomic E-state index is 0.248. The fourth-order valence-corrected chi connectivity index (χ4v) is 2.82. The smallest absolute Gasteiger partial charge is 0.274 e. The van der Waals surface area contributed by atoms with Crippen LogP contribution in [0.1, 0.15) is 21.9 Å². The van der Waals surface area contributed by atoms with Gasteiger partial charge >= 0.3 is 0 Å². The normalized spacial score (nSPS) is 13.4. The van der Waals surface area contributed by atoms with Crippen LogP contribution in [0.3, 0.4) is 0 Å². The minimum Gasteiger partial charge on any atom is -0.359 e. The zero-order chi connectivity index (χ0) is 16.0. The number of aromatic nitrogens is 4. The number of carbonyl (C=O) groups is 1. The Morgan fingerprint density at radius 1 is 1.26 bits per heavy atom. The summed E-state index contributed by atoms with van der Waals surface area (Å²) in [5.74, 6) is 1.29. The predicted octanol–water partition coefficient (Wildman–Crippen LogP) is 1.68. The SMILES string of the molecule is Cc1nc2c(NC(=O)c3ccc4c(n3)N(C)CC4)cccn2n1. The number of aryl methyl sites for hydroxylation is 1. The van der Waals surface area contributed by atoms with Crippen LogP contribution in [-0.2, 0) is 6.42 Å². The van der Waals surface area contributed by atoms with E-state index in [-0.39, 0.29) is 5.91 Å². The van der Waals surface area contributed by atoms with Gasteiger partial charge in [0.1, 0.15) is 17.3 Å². The van der Waals surface area contributed by atoms with E-state index < -0.39 is 0 Å². The Balaban J connectivity index is 1.66. The maximum atomic E-state index is 12.5. The van der Waals surface area contributed by atoms with Crippen LogP contribution >= 0.6 is 0 Å². The third-order valence-electron chi connectivity index (χ3n) is 3.98. The van der Waals surface area contributed by atoms with Crippen molar-refractivity contribution in [2.45, 2.75) is 13.3 Å². The lowest BCUT2D eigenvalue weighted by molar-refractivity contribution is 0.102. The second-order valence-electron chi connectivity index (χ2n) is 5.65. The Kier molecular flexibility index (Phi) is 3.00. The zero-order valence-corrected chi connectivity index (χ0v) is 12.9. The summed E-state index contributed by atoms with van der Waals surface area (Å²) in [4.78, 5) is 23.4. The highest BCUT2D eigenvalue weighted by Gasteiger charge is 2.20. The van der Waals surface area contributed by atoms with Gasteiger partial charge in [-0.1, -0.05) is 6.07 Å². The molecular weight excluding hydrogens is 292 g/mol. The maximum Gasteiger partial charge on any atom is 0.274 e. The van der Waals surface area contributed by atoms with Gasteiger partial charge in [0.2, 0.25) is 0 Å². The molecule has 0 atom stereocenters. The van der Waals surface area contributed by atoms with Crippen LogP contribution in [0.15, 0.2) is 30.5 Å². The zero-order valence-electron chi connectivity index (χ0n) is 12.9. The minimum atomic E-state index is -0.248. The molecule has 0 unspecified atom stereocenters. The molecule has 4 heterocycles. The fourth-order valence-electron chi connectivity index (χ4n) is 2.82. The van der Waals surface area contributed by atoms with Crippen LogP contribution < -0.4 is 10.2 Å². The second kappa shape index (κ2) is 5.05. The standard InChI is InChI=1S/C16H16N6O/c1-10-17-15-12(4-3-8-22(15)20-10)19-16(23)13-6-5-11-7-9-21(2)14(11)18-13/h3-6,8H,7,9H2,1-2H3,(H,19,23). The monoisotopic (exact) mass is 308 g/mol. The number of hydrogen-bond donors (Lipinski definition) is 1. The van der Waals surface area contributed by atoms with Gasteiger partial charge in [-0.05, 0) is 37.1 Å². The molecule has 7 nitrogen and oxygen atoms in total. The van der Waals surface area contributed by atoms with Crippen molar-refractivity contribution in [3.63, 3.8) is 0 Å². The van der Waals surface area contributed by atoms with Crippen molar-refractivity contribution in [3.8, 4) is 0 Å². The van der Waals surface area contributed by atoms with Gasteiger partial charge in [-0.2, -0.15) is 5.10 Å². The van der Waals surface area contributed by atoms with Gasteiger partial charge in [-0.3, -0.25) is 4.79 Å². The number of pyridine rings is 2. The van der Waals surface area contributed by atoms with Gasteiger partial charge in [0.05, 0.1) is 5.69 Å². The Hall–Kier alpha value is -2.96. The Labute approximate surface area is 133 Å². The van der Waals surface area contributed by atoms with Gasteiger partial charge in [-0.15, -0.1) is 0 Å². The second-order valence-corrected chi connectivity index (χ2v) is 5.65. The largest absolute Gasteiger partial charge is 0.359 e. The molecule has 23 heavy (non-hydrogen) atoms. The van der Waals surface area contributed by atoms with Crippen molar-refractivity contribution in [2.75, 3.05) is 23.8 Å². The molecule has 0 radical (unpaired) electrons. The summed E-state index contributed by atoms with van der Waals surface area (Å²) in [5, 5.41) is 7.12. The summed E-state index contributed by atoms with van der Waals surface area (Å²) >= 11 is 0. The highest BCUT2D eigenvalue weighted by Crippen LogP contribution is 2.24. The number of hydrogen-bond acceptors (Lipinski definition) is 5. The fraction of sp³-hybridized carbons (Fsp3) is 0.250. The average Bonchev–Trinajstić information content (AvgIpc) is 3.10. The van der Waals surface area contributed by atoms with E-state index in [0.717, 1.165) is 18.8 Å². The van der Waals surface area contributed by atoms with Gasteiger partial charge in [-0.25, -0.2) is 14.5 Å². The van der Waals surface area contributed by atoms with Crippen molar-refractivity contribution >= 4 is 23.1 Å². The summed E-state index contributed by atoms with van der Waals surface area (Å²) in [6, 6.07) is 7.37. The lowest BCUT2D eigenvalue weighted by Crippen LogP contribution is -2.18.